The van der Waals surface area contributed by atoms with E-state index in [0.29, 0.717) is 11.3 Å². The van der Waals surface area contributed by atoms with Crippen LogP contribution in [-0.4, -0.2) is 43.3 Å². The zero-order valence-electron chi connectivity index (χ0n) is 11.5. The molecule has 1 amide bonds. The van der Waals surface area contributed by atoms with Crippen LogP contribution < -0.4 is 5.73 Å². The Labute approximate surface area is 125 Å². The molecule has 1 aliphatic rings. The number of halogens is 1. The van der Waals surface area contributed by atoms with Crippen molar-refractivity contribution in [2.75, 3.05) is 23.8 Å². The number of sulfone groups is 1. The molecule has 0 aliphatic carbocycles. The molecule has 1 fully saturated rings. The summed E-state index contributed by atoms with van der Waals surface area (Å²) in [5.41, 5.74) is 7.63. The number of hydrogen-bond donors (Lipinski definition) is 1. The summed E-state index contributed by atoms with van der Waals surface area (Å²) in [6, 6.07) is 4.89. The van der Waals surface area contributed by atoms with Crippen LogP contribution in [0.15, 0.2) is 18.2 Å². The number of nitrogens with zero attached hydrogens (tertiary/aromatic N) is 1. The van der Waals surface area contributed by atoms with Crippen molar-refractivity contribution in [3.8, 4) is 0 Å². The van der Waals surface area contributed by atoms with Crippen molar-refractivity contribution >= 4 is 33.8 Å². The van der Waals surface area contributed by atoms with E-state index in [0.717, 1.165) is 5.56 Å². The summed E-state index contributed by atoms with van der Waals surface area (Å²) in [4.78, 5) is 14.1. The topological polar surface area (TPSA) is 80.5 Å². The fourth-order valence-electron chi connectivity index (χ4n) is 2.33. The van der Waals surface area contributed by atoms with Gasteiger partial charge in [-0.2, -0.15) is 0 Å². The monoisotopic (exact) mass is 318 g/mol. The smallest absolute Gasteiger partial charge is 0.254 e. The zero-order chi connectivity index (χ0) is 14.2. The van der Waals surface area contributed by atoms with Crippen LogP contribution in [0.5, 0.6) is 0 Å². The summed E-state index contributed by atoms with van der Waals surface area (Å²) >= 11 is 0. The molecule has 7 heteroatoms. The molecule has 0 bridgehead atoms. The Morgan fingerprint density at radius 1 is 1.40 bits per heavy atom. The minimum atomic E-state index is -3.02. The Bertz CT molecular complexity index is 616. The molecule has 0 radical (unpaired) electrons. The maximum absolute atomic E-state index is 12.5. The number of carbonyl (C=O) groups is 1. The van der Waals surface area contributed by atoms with Gasteiger partial charge in [0.2, 0.25) is 0 Å². The number of nitrogen functional groups attached to an aromatic ring is 1. The molecule has 0 spiro atoms. The minimum absolute atomic E-state index is 0. The molecule has 1 aliphatic heterocycles. The lowest BCUT2D eigenvalue weighted by Gasteiger charge is -2.33. The first kappa shape index (κ1) is 16.8. The first-order valence-electron chi connectivity index (χ1n) is 6.18. The maximum Gasteiger partial charge on any atom is 0.254 e. The second-order valence-corrected chi connectivity index (χ2v) is 7.27. The predicted octanol–water partition coefficient (Wildman–Crippen LogP) is 1.26. The first-order valence-corrected chi connectivity index (χ1v) is 8.00. The molecular weight excluding hydrogens is 300 g/mol. The van der Waals surface area contributed by atoms with Gasteiger partial charge in [0, 0.05) is 23.8 Å². The number of rotatable bonds is 1. The summed E-state index contributed by atoms with van der Waals surface area (Å²) in [6.07, 6.45) is 0. The maximum atomic E-state index is 12.5. The molecule has 1 aromatic rings. The first-order chi connectivity index (χ1) is 8.80. The lowest BCUT2D eigenvalue weighted by atomic mass is 10.1. The van der Waals surface area contributed by atoms with Crippen molar-refractivity contribution in [3.05, 3.63) is 29.3 Å². The zero-order valence-corrected chi connectivity index (χ0v) is 13.1. The summed E-state index contributed by atoms with van der Waals surface area (Å²) in [7, 11) is -3.02. The fourth-order valence-corrected chi connectivity index (χ4v) is 3.88. The molecule has 0 saturated carbocycles. The van der Waals surface area contributed by atoms with E-state index in [1.165, 1.54) is 0 Å². The van der Waals surface area contributed by atoms with Crippen molar-refractivity contribution in [1.29, 1.82) is 0 Å². The minimum Gasteiger partial charge on any atom is -0.399 e. The average molecular weight is 319 g/mol. The van der Waals surface area contributed by atoms with Gasteiger partial charge in [0.25, 0.3) is 5.91 Å². The molecule has 1 unspecified atom stereocenters. The standard InChI is InChI=1S/C13H18N2O3S.ClH/c1-9-3-4-11(14)7-12(9)13(16)15-5-6-19(17,18)8-10(15)2;/h3-4,7,10H,5-6,8,14H2,1-2H3;1H. The highest BCUT2D eigenvalue weighted by Crippen LogP contribution is 2.19. The van der Waals surface area contributed by atoms with Crippen molar-refractivity contribution in [2.24, 2.45) is 0 Å². The summed E-state index contributed by atoms with van der Waals surface area (Å²) < 4.78 is 23.1. The van der Waals surface area contributed by atoms with E-state index in [2.05, 4.69) is 0 Å². The molecule has 112 valence electrons. The van der Waals surface area contributed by atoms with Gasteiger partial charge in [-0.15, -0.1) is 12.4 Å². The normalized spacial score (nSPS) is 21.1. The van der Waals surface area contributed by atoms with E-state index in [-0.39, 0.29) is 42.4 Å². The molecule has 1 atom stereocenters. The van der Waals surface area contributed by atoms with E-state index in [9.17, 15) is 13.2 Å². The Morgan fingerprint density at radius 2 is 2.05 bits per heavy atom. The van der Waals surface area contributed by atoms with Crippen LogP contribution in [0.1, 0.15) is 22.8 Å². The van der Waals surface area contributed by atoms with Gasteiger partial charge >= 0.3 is 0 Å². The number of carbonyl (C=O) groups excluding carboxylic acids is 1. The van der Waals surface area contributed by atoms with Gasteiger partial charge in [0.05, 0.1) is 11.5 Å². The van der Waals surface area contributed by atoms with E-state index in [1.54, 1.807) is 30.0 Å². The van der Waals surface area contributed by atoms with Gasteiger partial charge < -0.3 is 10.6 Å². The Hall–Kier alpha value is -1.27. The van der Waals surface area contributed by atoms with Crippen molar-refractivity contribution < 1.29 is 13.2 Å². The second-order valence-electron chi connectivity index (χ2n) is 5.04. The van der Waals surface area contributed by atoms with Gasteiger partial charge in [0.15, 0.2) is 9.84 Å². The lowest BCUT2D eigenvalue weighted by molar-refractivity contribution is 0.0712. The Balaban J connectivity index is 0.00000200. The summed E-state index contributed by atoms with van der Waals surface area (Å²) in [5.74, 6) is -0.0860. The molecule has 5 nitrogen and oxygen atoms in total. The molecule has 2 N–H and O–H groups in total. The highest BCUT2D eigenvalue weighted by atomic mass is 35.5. The molecule has 1 aromatic carbocycles. The lowest BCUT2D eigenvalue weighted by Crippen LogP contribution is -2.49. The number of aryl methyl sites for hydroxylation is 1. The van der Waals surface area contributed by atoms with Crippen LogP contribution >= 0.6 is 12.4 Å². The Kier molecular flexibility index (Phi) is 5.05. The fraction of sp³-hybridized carbons (Fsp3) is 0.462. The van der Waals surface area contributed by atoms with E-state index >= 15 is 0 Å². The molecule has 2 rings (SSSR count). The third-order valence-electron chi connectivity index (χ3n) is 3.42. The molecule has 20 heavy (non-hydrogen) atoms. The highest BCUT2D eigenvalue weighted by molar-refractivity contribution is 7.91. The summed E-state index contributed by atoms with van der Waals surface area (Å²) in [6.45, 7) is 3.85. The third kappa shape index (κ3) is 3.43. The number of hydrogen-bond acceptors (Lipinski definition) is 4. The highest BCUT2D eigenvalue weighted by Gasteiger charge is 2.32. The molecule has 1 heterocycles. The average Bonchev–Trinajstić information content (AvgIpc) is 2.30. The van der Waals surface area contributed by atoms with Gasteiger partial charge in [-0.25, -0.2) is 8.42 Å². The van der Waals surface area contributed by atoms with Crippen LogP contribution in [0.4, 0.5) is 5.69 Å². The van der Waals surface area contributed by atoms with Crippen molar-refractivity contribution in [3.63, 3.8) is 0 Å². The van der Waals surface area contributed by atoms with Crippen molar-refractivity contribution in [1.82, 2.24) is 4.90 Å². The van der Waals surface area contributed by atoms with Crippen LogP contribution in [0.25, 0.3) is 0 Å². The second kappa shape index (κ2) is 6.01. The van der Waals surface area contributed by atoms with Crippen LogP contribution in [0, 0.1) is 6.92 Å². The van der Waals surface area contributed by atoms with Crippen LogP contribution in [0.3, 0.4) is 0 Å². The Morgan fingerprint density at radius 3 is 2.65 bits per heavy atom. The van der Waals surface area contributed by atoms with Gasteiger partial charge in [-0.05, 0) is 31.5 Å². The number of benzene rings is 1. The third-order valence-corrected chi connectivity index (χ3v) is 5.22. The van der Waals surface area contributed by atoms with Crippen LogP contribution in [-0.2, 0) is 9.84 Å². The SMILES string of the molecule is Cc1ccc(N)cc1C(=O)N1CCS(=O)(=O)CC1C.Cl. The largest absolute Gasteiger partial charge is 0.399 e. The summed E-state index contributed by atoms with van der Waals surface area (Å²) in [5, 5.41) is 0. The predicted molar refractivity (Wildman–Crippen MR) is 82.0 cm³/mol. The van der Waals surface area contributed by atoms with Gasteiger partial charge in [0.1, 0.15) is 0 Å². The number of nitrogens with two attached hydrogens (primary N) is 1. The van der Waals surface area contributed by atoms with E-state index in [4.69, 9.17) is 5.73 Å². The van der Waals surface area contributed by atoms with Crippen molar-refractivity contribution in [2.45, 2.75) is 19.9 Å². The molecule has 0 aromatic heterocycles. The van der Waals surface area contributed by atoms with Gasteiger partial charge in [-0.1, -0.05) is 6.07 Å². The van der Waals surface area contributed by atoms with Gasteiger partial charge in [-0.3, -0.25) is 4.79 Å². The quantitative estimate of drug-likeness (QED) is 0.790. The van der Waals surface area contributed by atoms with Crippen LogP contribution in [0.2, 0.25) is 0 Å². The number of anilines is 1. The van der Waals surface area contributed by atoms with E-state index in [1.807, 2.05) is 6.92 Å². The van der Waals surface area contributed by atoms with E-state index < -0.39 is 9.84 Å². The molecule has 1 saturated heterocycles. The number of amides is 1. The molecular formula is C13H19ClN2O3S.